The highest BCUT2D eigenvalue weighted by molar-refractivity contribution is 4.84. The van der Waals surface area contributed by atoms with Crippen molar-refractivity contribution in [2.45, 2.75) is 110 Å². The number of hydrogen-bond donors (Lipinski definition) is 0. The van der Waals surface area contributed by atoms with Crippen LogP contribution in [0, 0.1) is 0 Å². The Bertz CT molecular complexity index is 178. The molecule has 108 valence electrons. The first-order valence-electron chi connectivity index (χ1n) is 8.54. The molecular formula is C17H34O. The summed E-state index contributed by atoms with van der Waals surface area (Å²) in [6, 6.07) is 0. The van der Waals surface area contributed by atoms with Crippen LogP contribution in [0.15, 0.2) is 0 Å². The van der Waals surface area contributed by atoms with Gasteiger partial charge in [-0.05, 0) is 12.8 Å². The van der Waals surface area contributed by atoms with E-state index in [9.17, 15) is 0 Å². The molecular weight excluding hydrogens is 220 g/mol. The molecule has 0 N–H and O–H groups in total. The van der Waals surface area contributed by atoms with Crippen molar-refractivity contribution >= 4 is 0 Å². The maximum atomic E-state index is 5.72. The van der Waals surface area contributed by atoms with Crippen molar-refractivity contribution in [2.75, 3.05) is 0 Å². The van der Waals surface area contributed by atoms with Crippen LogP contribution in [0.2, 0.25) is 0 Å². The van der Waals surface area contributed by atoms with Crippen molar-refractivity contribution in [3.63, 3.8) is 0 Å². The molecule has 0 aromatic carbocycles. The van der Waals surface area contributed by atoms with Crippen LogP contribution < -0.4 is 0 Å². The summed E-state index contributed by atoms with van der Waals surface area (Å²) >= 11 is 0. The molecule has 1 fully saturated rings. The molecule has 0 aromatic heterocycles. The second-order valence-corrected chi connectivity index (χ2v) is 5.97. The minimum Gasteiger partial charge on any atom is -0.370 e. The van der Waals surface area contributed by atoms with E-state index >= 15 is 0 Å². The topological polar surface area (TPSA) is 12.5 Å². The average Bonchev–Trinajstić information content (AvgIpc) is 3.12. The van der Waals surface area contributed by atoms with E-state index < -0.39 is 0 Å². The maximum absolute atomic E-state index is 5.72. The first kappa shape index (κ1) is 16.0. The minimum absolute atomic E-state index is 0.640. The number of rotatable bonds is 13. The summed E-state index contributed by atoms with van der Waals surface area (Å²) < 4.78 is 5.72. The fourth-order valence-corrected chi connectivity index (χ4v) is 2.76. The quantitative estimate of drug-likeness (QED) is 0.296. The largest absolute Gasteiger partial charge is 0.370 e. The molecule has 1 saturated heterocycles. The third-order valence-electron chi connectivity index (χ3n) is 4.12. The summed E-state index contributed by atoms with van der Waals surface area (Å²) in [5, 5.41) is 0. The minimum atomic E-state index is 0.640. The Morgan fingerprint density at radius 2 is 0.944 bits per heavy atom. The van der Waals surface area contributed by atoms with Gasteiger partial charge in [0.1, 0.15) is 0 Å². The molecule has 0 saturated carbocycles. The van der Waals surface area contributed by atoms with Gasteiger partial charge in [0.25, 0.3) is 0 Å². The summed E-state index contributed by atoms with van der Waals surface area (Å²) in [7, 11) is 0. The molecule has 2 atom stereocenters. The van der Waals surface area contributed by atoms with Gasteiger partial charge in [-0.3, -0.25) is 0 Å². The maximum Gasteiger partial charge on any atom is 0.0841 e. The predicted molar refractivity (Wildman–Crippen MR) is 80.0 cm³/mol. The van der Waals surface area contributed by atoms with E-state index in [2.05, 4.69) is 13.8 Å². The molecule has 0 amide bonds. The Labute approximate surface area is 115 Å². The predicted octanol–water partition coefficient (Wildman–Crippen LogP) is 5.86. The monoisotopic (exact) mass is 254 g/mol. The highest BCUT2D eigenvalue weighted by Crippen LogP contribution is 2.31. The van der Waals surface area contributed by atoms with Crippen LogP contribution >= 0.6 is 0 Å². The molecule has 1 heterocycles. The fourth-order valence-electron chi connectivity index (χ4n) is 2.76. The van der Waals surface area contributed by atoms with Gasteiger partial charge >= 0.3 is 0 Å². The van der Waals surface area contributed by atoms with Crippen LogP contribution in [0.4, 0.5) is 0 Å². The summed E-state index contributed by atoms with van der Waals surface area (Å²) in [5.41, 5.74) is 0. The van der Waals surface area contributed by atoms with Crippen molar-refractivity contribution in [2.24, 2.45) is 0 Å². The van der Waals surface area contributed by atoms with Crippen LogP contribution in [0.1, 0.15) is 97.3 Å². The van der Waals surface area contributed by atoms with E-state index in [1.807, 2.05) is 0 Å². The second kappa shape index (κ2) is 10.8. The molecule has 1 rings (SSSR count). The highest BCUT2D eigenvalue weighted by Gasteiger charge is 2.36. The van der Waals surface area contributed by atoms with Crippen LogP contribution in [0.5, 0.6) is 0 Å². The Balaban J connectivity index is 1.74. The van der Waals surface area contributed by atoms with Crippen LogP contribution in [0.3, 0.4) is 0 Å². The van der Waals surface area contributed by atoms with Gasteiger partial charge < -0.3 is 4.74 Å². The first-order chi connectivity index (χ1) is 8.88. The zero-order chi connectivity index (χ0) is 13.1. The standard InChI is InChI=1S/C17H34O/c1-3-5-7-8-9-10-11-13-15-17-16(18-17)14-12-6-4-2/h16-17H,3-15H2,1-2H3/t16-,17-/m0/s1. The number of hydrogen-bond acceptors (Lipinski definition) is 1. The molecule has 0 bridgehead atoms. The molecule has 1 aliphatic heterocycles. The summed E-state index contributed by atoms with van der Waals surface area (Å²) in [5.74, 6) is 0. The van der Waals surface area contributed by atoms with E-state index in [4.69, 9.17) is 4.74 Å². The van der Waals surface area contributed by atoms with Gasteiger partial charge in [0.05, 0.1) is 12.2 Å². The lowest BCUT2D eigenvalue weighted by molar-refractivity contribution is 0.348. The normalized spacial score (nSPS) is 22.3. The molecule has 0 aromatic rings. The SMILES string of the molecule is CCCCCCCCCC[C@@H]1O[C@H]1CCCCC. The number of epoxide rings is 1. The molecule has 18 heavy (non-hydrogen) atoms. The van der Waals surface area contributed by atoms with E-state index in [1.165, 1.54) is 83.5 Å². The summed E-state index contributed by atoms with van der Waals surface area (Å²) in [4.78, 5) is 0. The fraction of sp³-hybridized carbons (Fsp3) is 1.00. The van der Waals surface area contributed by atoms with Crippen molar-refractivity contribution < 1.29 is 4.74 Å². The molecule has 0 unspecified atom stereocenters. The Kier molecular flexibility index (Phi) is 9.65. The van der Waals surface area contributed by atoms with Gasteiger partial charge in [-0.2, -0.15) is 0 Å². The highest BCUT2D eigenvalue weighted by atomic mass is 16.6. The molecule has 1 aliphatic rings. The van der Waals surface area contributed by atoms with Gasteiger partial charge in [-0.1, -0.05) is 84.5 Å². The van der Waals surface area contributed by atoms with Crippen LogP contribution in [-0.2, 0) is 4.74 Å². The lowest BCUT2D eigenvalue weighted by Gasteiger charge is -2.00. The molecule has 0 spiro atoms. The van der Waals surface area contributed by atoms with Crippen LogP contribution in [0.25, 0.3) is 0 Å². The van der Waals surface area contributed by atoms with E-state index in [1.54, 1.807) is 0 Å². The zero-order valence-corrected chi connectivity index (χ0v) is 12.8. The second-order valence-electron chi connectivity index (χ2n) is 5.97. The number of ether oxygens (including phenoxy) is 1. The molecule has 1 nitrogen and oxygen atoms in total. The van der Waals surface area contributed by atoms with Gasteiger partial charge in [-0.15, -0.1) is 0 Å². The number of unbranched alkanes of at least 4 members (excludes halogenated alkanes) is 9. The molecule has 0 aliphatic carbocycles. The van der Waals surface area contributed by atoms with Crippen LogP contribution in [-0.4, -0.2) is 12.2 Å². The van der Waals surface area contributed by atoms with Crippen molar-refractivity contribution in [1.82, 2.24) is 0 Å². The first-order valence-corrected chi connectivity index (χ1v) is 8.54. The lowest BCUT2D eigenvalue weighted by Crippen LogP contribution is -1.94. The van der Waals surface area contributed by atoms with Gasteiger partial charge in [0.15, 0.2) is 0 Å². The Morgan fingerprint density at radius 1 is 0.556 bits per heavy atom. The van der Waals surface area contributed by atoms with Gasteiger partial charge in [-0.25, -0.2) is 0 Å². The Morgan fingerprint density at radius 3 is 1.50 bits per heavy atom. The van der Waals surface area contributed by atoms with Crippen molar-refractivity contribution in [1.29, 1.82) is 0 Å². The van der Waals surface area contributed by atoms with Crippen molar-refractivity contribution in [3.8, 4) is 0 Å². The van der Waals surface area contributed by atoms with E-state index in [0.717, 1.165) is 0 Å². The molecule has 1 heteroatoms. The zero-order valence-electron chi connectivity index (χ0n) is 12.8. The van der Waals surface area contributed by atoms with E-state index in [0.29, 0.717) is 12.2 Å². The lowest BCUT2D eigenvalue weighted by atomic mass is 10.0. The van der Waals surface area contributed by atoms with Gasteiger partial charge in [0, 0.05) is 0 Å². The average molecular weight is 254 g/mol. The van der Waals surface area contributed by atoms with Crippen molar-refractivity contribution in [3.05, 3.63) is 0 Å². The smallest absolute Gasteiger partial charge is 0.0841 e. The summed E-state index contributed by atoms with van der Waals surface area (Å²) in [6.07, 6.45) is 19.4. The molecule has 0 radical (unpaired) electrons. The summed E-state index contributed by atoms with van der Waals surface area (Å²) in [6.45, 7) is 4.55. The third-order valence-corrected chi connectivity index (χ3v) is 4.12. The third kappa shape index (κ3) is 8.13. The van der Waals surface area contributed by atoms with Gasteiger partial charge in [0.2, 0.25) is 0 Å². The Hall–Kier alpha value is -0.0400. The van der Waals surface area contributed by atoms with E-state index in [-0.39, 0.29) is 0 Å².